The van der Waals surface area contributed by atoms with Crippen LogP contribution in [0.2, 0.25) is 5.02 Å². The zero-order valence-corrected chi connectivity index (χ0v) is 11.9. The Hall–Kier alpha value is -0.280. The molecule has 0 spiro atoms. The Bertz CT molecular complexity index is 344. The fourth-order valence-electron chi connectivity index (χ4n) is 1.81. The van der Waals surface area contributed by atoms with Crippen LogP contribution in [0.3, 0.4) is 0 Å². The van der Waals surface area contributed by atoms with Crippen LogP contribution in [0.5, 0.6) is 0 Å². The van der Waals surface area contributed by atoms with E-state index in [0.717, 1.165) is 30.4 Å². The number of aliphatic hydroxyl groups is 1. The summed E-state index contributed by atoms with van der Waals surface area (Å²) >= 11 is 5.88. The molecule has 3 N–H and O–H groups in total. The van der Waals surface area contributed by atoms with Crippen molar-refractivity contribution in [3.63, 3.8) is 0 Å². The number of nitrogens with two attached hydrogens (primary N) is 1. The van der Waals surface area contributed by atoms with Crippen molar-refractivity contribution in [3.05, 3.63) is 34.3 Å². The minimum atomic E-state index is -0.472. The molecule has 0 saturated carbocycles. The molecule has 0 amide bonds. The number of rotatable bonds is 5. The second kappa shape index (κ2) is 7.93. The lowest BCUT2D eigenvalue weighted by Gasteiger charge is -2.20. The van der Waals surface area contributed by atoms with Crippen LogP contribution in [0, 0.1) is 6.92 Å². The van der Waals surface area contributed by atoms with E-state index in [0.29, 0.717) is 5.02 Å². The van der Waals surface area contributed by atoms with Crippen LogP contribution in [0.25, 0.3) is 0 Å². The Morgan fingerprint density at radius 2 is 2.06 bits per heavy atom. The highest BCUT2D eigenvalue weighted by Crippen LogP contribution is 2.23. The third-order valence-corrected chi connectivity index (χ3v) is 3.09. The van der Waals surface area contributed by atoms with Crippen molar-refractivity contribution in [2.45, 2.75) is 45.3 Å². The molecule has 2 atom stereocenters. The van der Waals surface area contributed by atoms with Crippen LogP contribution in [0.15, 0.2) is 18.2 Å². The quantitative estimate of drug-likeness (QED) is 0.864. The van der Waals surface area contributed by atoms with E-state index in [1.54, 1.807) is 0 Å². The van der Waals surface area contributed by atoms with Gasteiger partial charge in [-0.2, -0.15) is 0 Å². The van der Waals surface area contributed by atoms with E-state index in [4.69, 9.17) is 17.3 Å². The van der Waals surface area contributed by atoms with Crippen molar-refractivity contribution in [3.8, 4) is 0 Å². The highest BCUT2D eigenvalue weighted by Gasteiger charge is 2.17. The highest BCUT2D eigenvalue weighted by atomic mass is 35.5. The van der Waals surface area contributed by atoms with Gasteiger partial charge in [0.2, 0.25) is 0 Å². The van der Waals surface area contributed by atoms with E-state index in [2.05, 4.69) is 6.92 Å². The van der Waals surface area contributed by atoms with Crippen LogP contribution >= 0.6 is 24.0 Å². The lowest BCUT2D eigenvalue weighted by atomic mass is 9.95. The molecule has 0 aliphatic carbocycles. The molecule has 2 nitrogen and oxygen atoms in total. The van der Waals surface area contributed by atoms with Gasteiger partial charge in [-0.25, -0.2) is 0 Å². The van der Waals surface area contributed by atoms with Gasteiger partial charge in [0.1, 0.15) is 0 Å². The number of hydrogen-bond donors (Lipinski definition) is 2. The molecule has 1 aromatic carbocycles. The van der Waals surface area contributed by atoms with E-state index >= 15 is 0 Å². The SMILES string of the molecule is CCCC[C@H](O)[C@H](N)c1ccc(Cl)cc1C.Cl. The Morgan fingerprint density at radius 1 is 1.41 bits per heavy atom. The monoisotopic (exact) mass is 277 g/mol. The van der Waals surface area contributed by atoms with Crippen LogP contribution in [0.4, 0.5) is 0 Å². The molecule has 1 aromatic rings. The summed E-state index contributed by atoms with van der Waals surface area (Å²) in [4.78, 5) is 0. The second-order valence-corrected chi connectivity index (χ2v) is 4.67. The van der Waals surface area contributed by atoms with Crippen molar-refractivity contribution in [2.75, 3.05) is 0 Å². The maximum Gasteiger partial charge on any atom is 0.0732 e. The first-order chi connectivity index (χ1) is 7.56. The van der Waals surface area contributed by atoms with Crippen molar-refractivity contribution in [2.24, 2.45) is 5.73 Å². The van der Waals surface area contributed by atoms with Crippen molar-refractivity contribution in [1.82, 2.24) is 0 Å². The topological polar surface area (TPSA) is 46.2 Å². The average Bonchev–Trinajstić information content (AvgIpc) is 2.25. The van der Waals surface area contributed by atoms with E-state index in [-0.39, 0.29) is 18.4 Å². The molecule has 0 heterocycles. The molecule has 17 heavy (non-hydrogen) atoms. The molecule has 0 aliphatic rings. The predicted molar refractivity (Wildman–Crippen MR) is 75.9 cm³/mol. The lowest BCUT2D eigenvalue weighted by molar-refractivity contribution is 0.132. The summed E-state index contributed by atoms with van der Waals surface area (Å²) in [6.07, 6.45) is 2.35. The first kappa shape index (κ1) is 16.7. The molecule has 4 heteroatoms. The van der Waals surface area contributed by atoms with E-state index < -0.39 is 6.10 Å². The van der Waals surface area contributed by atoms with Gasteiger partial charge < -0.3 is 10.8 Å². The van der Waals surface area contributed by atoms with Gasteiger partial charge in [-0.15, -0.1) is 12.4 Å². The summed E-state index contributed by atoms with van der Waals surface area (Å²) in [5, 5.41) is 10.6. The minimum absolute atomic E-state index is 0. The van der Waals surface area contributed by atoms with Crippen LogP contribution in [-0.2, 0) is 0 Å². The zero-order valence-electron chi connectivity index (χ0n) is 10.3. The van der Waals surface area contributed by atoms with Crippen molar-refractivity contribution in [1.29, 1.82) is 0 Å². The fraction of sp³-hybridized carbons (Fsp3) is 0.538. The summed E-state index contributed by atoms with van der Waals surface area (Å²) in [5.41, 5.74) is 8.05. The minimum Gasteiger partial charge on any atom is -0.391 e. The molecule has 0 radical (unpaired) electrons. The van der Waals surface area contributed by atoms with Crippen molar-refractivity contribution < 1.29 is 5.11 Å². The van der Waals surface area contributed by atoms with Gasteiger partial charge in [-0.05, 0) is 36.6 Å². The molecule has 98 valence electrons. The van der Waals surface area contributed by atoms with Gasteiger partial charge in [-0.1, -0.05) is 37.4 Å². The van der Waals surface area contributed by atoms with Crippen LogP contribution in [-0.4, -0.2) is 11.2 Å². The van der Waals surface area contributed by atoms with Crippen molar-refractivity contribution >= 4 is 24.0 Å². The molecule has 0 aliphatic heterocycles. The molecule has 0 saturated heterocycles. The maximum absolute atomic E-state index is 9.94. The summed E-state index contributed by atoms with van der Waals surface area (Å²) in [6, 6.07) is 5.28. The third-order valence-electron chi connectivity index (χ3n) is 2.86. The molecule has 0 aromatic heterocycles. The molecular weight excluding hydrogens is 257 g/mol. The van der Waals surface area contributed by atoms with E-state index in [9.17, 15) is 5.11 Å². The standard InChI is InChI=1S/C13H20ClNO.ClH/c1-3-4-5-12(16)13(15)11-7-6-10(14)8-9(11)2;/h6-8,12-13,16H,3-5,15H2,1-2H3;1H/t12-,13+;/m0./s1. The van der Waals surface area contributed by atoms with Crippen LogP contribution < -0.4 is 5.73 Å². The van der Waals surface area contributed by atoms with Gasteiger partial charge in [0, 0.05) is 5.02 Å². The van der Waals surface area contributed by atoms with Gasteiger partial charge >= 0.3 is 0 Å². The van der Waals surface area contributed by atoms with Gasteiger partial charge in [-0.3, -0.25) is 0 Å². The maximum atomic E-state index is 9.94. The Balaban J connectivity index is 0.00000256. The highest BCUT2D eigenvalue weighted by molar-refractivity contribution is 6.30. The fourth-order valence-corrected chi connectivity index (χ4v) is 2.04. The Labute approximate surface area is 115 Å². The zero-order chi connectivity index (χ0) is 12.1. The summed E-state index contributed by atoms with van der Waals surface area (Å²) in [6.45, 7) is 4.07. The summed E-state index contributed by atoms with van der Waals surface area (Å²) < 4.78 is 0. The molecule has 1 rings (SSSR count). The van der Waals surface area contributed by atoms with Gasteiger partial charge in [0.25, 0.3) is 0 Å². The molecule has 0 bridgehead atoms. The van der Waals surface area contributed by atoms with E-state index in [1.165, 1.54) is 0 Å². The molecule has 0 unspecified atom stereocenters. The number of aliphatic hydroxyl groups excluding tert-OH is 1. The predicted octanol–water partition coefficient (Wildman–Crippen LogP) is 3.62. The number of hydrogen-bond acceptors (Lipinski definition) is 2. The van der Waals surface area contributed by atoms with Crippen LogP contribution in [0.1, 0.15) is 43.4 Å². The van der Waals surface area contributed by atoms with Gasteiger partial charge in [0.05, 0.1) is 12.1 Å². The first-order valence-corrected chi connectivity index (χ1v) is 6.13. The molecule has 0 fully saturated rings. The lowest BCUT2D eigenvalue weighted by Crippen LogP contribution is -2.26. The Kier molecular flexibility index (Phi) is 7.80. The normalized spacial score (nSPS) is 13.9. The van der Waals surface area contributed by atoms with E-state index in [1.807, 2.05) is 25.1 Å². The third kappa shape index (κ3) is 4.84. The first-order valence-electron chi connectivity index (χ1n) is 5.76. The molecular formula is C13H21Cl2NO. The smallest absolute Gasteiger partial charge is 0.0732 e. The second-order valence-electron chi connectivity index (χ2n) is 4.24. The summed E-state index contributed by atoms with van der Waals surface area (Å²) in [5.74, 6) is 0. The average molecular weight is 278 g/mol. The number of halogens is 2. The van der Waals surface area contributed by atoms with Gasteiger partial charge in [0.15, 0.2) is 0 Å². The number of unbranched alkanes of at least 4 members (excludes halogenated alkanes) is 1. The Morgan fingerprint density at radius 3 is 2.59 bits per heavy atom. The number of benzene rings is 1. The summed E-state index contributed by atoms with van der Waals surface area (Å²) in [7, 11) is 0. The number of aryl methyl sites for hydroxylation is 1. The largest absolute Gasteiger partial charge is 0.391 e.